The van der Waals surface area contributed by atoms with Gasteiger partial charge < -0.3 is 10.6 Å². The van der Waals surface area contributed by atoms with E-state index in [1.54, 1.807) is 4.90 Å². The predicted octanol–water partition coefficient (Wildman–Crippen LogP) is 2.43. The van der Waals surface area contributed by atoms with Crippen LogP contribution in [0.3, 0.4) is 0 Å². The molecule has 2 N–H and O–H groups in total. The number of carbonyl (C=O) groups excluding carboxylic acids is 1. The lowest BCUT2D eigenvalue weighted by molar-refractivity contribution is 0.0774. The highest BCUT2D eigenvalue weighted by molar-refractivity contribution is 6.30. The number of halogens is 3. The smallest absolute Gasteiger partial charge is 0.256 e. The van der Waals surface area contributed by atoms with Gasteiger partial charge in [-0.25, -0.2) is 8.78 Å². The first-order chi connectivity index (χ1) is 9.47. The summed E-state index contributed by atoms with van der Waals surface area (Å²) in [5.41, 5.74) is 5.74. The molecule has 6 heteroatoms. The minimum atomic E-state index is -0.789. The van der Waals surface area contributed by atoms with E-state index in [1.807, 2.05) is 0 Å². The maximum absolute atomic E-state index is 13.8. The van der Waals surface area contributed by atoms with Crippen molar-refractivity contribution in [2.24, 2.45) is 17.6 Å². The highest BCUT2D eigenvalue weighted by Gasteiger charge is 2.42. The van der Waals surface area contributed by atoms with E-state index < -0.39 is 17.5 Å². The number of hydrogen-bond acceptors (Lipinski definition) is 2. The van der Waals surface area contributed by atoms with Crippen LogP contribution >= 0.6 is 11.6 Å². The topological polar surface area (TPSA) is 46.3 Å². The molecule has 0 radical (unpaired) electrons. The van der Waals surface area contributed by atoms with Crippen molar-refractivity contribution in [1.82, 2.24) is 4.90 Å². The zero-order valence-electron chi connectivity index (χ0n) is 10.8. The highest BCUT2D eigenvalue weighted by atomic mass is 35.5. The summed E-state index contributed by atoms with van der Waals surface area (Å²) in [7, 11) is 0. The number of carbonyl (C=O) groups is 1. The van der Waals surface area contributed by atoms with Gasteiger partial charge in [0.05, 0.1) is 10.6 Å². The Morgan fingerprint density at radius 2 is 2.00 bits per heavy atom. The summed E-state index contributed by atoms with van der Waals surface area (Å²) in [6, 6.07) is 1.81. The first kappa shape index (κ1) is 13.8. The number of nitrogens with two attached hydrogens (primary N) is 1. The van der Waals surface area contributed by atoms with Gasteiger partial charge in [-0.3, -0.25) is 4.79 Å². The highest BCUT2D eigenvalue weighted by Crippen LogP contribution is 2.37. The zero-order chi connectivity index (χ0) is 14.4. The van der Waals surface area contributed by atoms with Crippen LogP contribution in [-0.4, -0.2) is 29.9 Å². The second kappa shape index (κ2) is 4.97. The van der Waals surface area contributed by atoms with E-state index in [1.165, 1.54) is 0 Å². The number of rotatable bonds is 1. The number of benzene rings is 1. The van der Waals surface area contributed by atoms with Crippen LogP contribution < -0.4 is 5.73 Å². The van der Waals surface area contributed by atoms with E-state index in [4.69, 9.17) is 17.3 Å². The molecule has 0 spiro atoms. The van der Waals surface area contributed by atoms with E-state index in [-0.39, 0.29) is 22.5 Å². The Bertz CT molecular complexity index is 566. The summed E-state index contributed by atoms with van der Waals surface area (Å²) >= 11 is 5.49. The molecule has 1 aromatic carbocycles. The van der Waals surface area contributed by atoms with E-state index in [9.17, 15) is 13.6 Å². The van der Waals surface area contributed by atoms with Crippen molar-refractivity contribution in [1.29, 1.82) is 0 Å². The van der Waals surface area contributed by atoms with Crippen molar-refractivity contribution in [3.63, 3.8) is 0 Å². The standard InChI is InChI=1S/C14H15ClF2N2O/c15-10-4-11(16)8(3-12(10)17)14(20)19-5-7-1-2-13(18)9(7)6-19/h3-4,7,9,13H,1-2,5-6,18H2. The van der Waals surface area contributed by atoms with Crippen LogP contribution in [0.2, 0.25) is 5.02 Å². The summed E-state index contributed by atoms with van der Waals surface area (Å²) in [5.74, 6) is -1.40. The van der Waals surface area contributed by atoms with Gasteiger partial charge in [0.25, 0.3) is 5.91 Å². The van der Waals surface area contributed by atoms with Crippen LogP contribution in [0.5, 0.6) is 0 Å². The number of likely N-dealkylation sites (tertiary alicyclic amines) is 1. The van der Waals surface area contributed by atoms with Gasteiger partial charge in [0, 0.05) is 19.1 Å². The molecule has 1 saturated carbocycles. The molecule has 2 fully saturated rings. The van der Waals surface area contributed by atoms with Crippen LogP contribution in [0.25, 0.3) is 0 Å². The molecule has 3 unspecified atom stereocenters. The average Bonchev–Trinajstić information content (AvgIpc) is 2.96. The molecule has 1 aliphatic carbocycles. The van der Waals surface area contributed by atoms with Crippen LogP contribution in [0, 0.1) is 23.5 Å². The van der Waals surface area contributed by atoms with Gasteiger partial charge in [0.2, 0.25) is 0 Å². The monoisotopic (exact) mass is 300 g/mol. The molecule has 108 valence electrons. The maximum atomic E-state index is 13.8. The van der Waals surface area contributed by atoms with Gasteiger partial charge in [-0.15, -0.1) is 0 Å². The Labute approximate surface area is 120 Å². The molecule has 1 saturated heterocycles. The maximum Gasteiger partial charge on any atom is 0.256 e. The third kappa shape index (κ3) is 2.19. The Kier molecular flexibility index (Phi) is 3.42. The van der Waals surface area contributed by atoms with Gasteiger partial charge in [0.1, 0.15) is 11.6 Å². The predicted molar refractivity (Wildman–Crippen MR) is 71.5 cm³/mol. The van der Waals surface area contributed by atoms with Gasteiger partial charge in [0.15, 0.2) is 0 Å². The minimum Gasteiger partial charge on any atom is -0.338 e. The molecular formula is C14H15ClF2N2O. The summed E-state index contributed by atoms with van der Waals surface area (Å²) in [6.07, 6.45) is 1.97. The van der Waals surface area contributed by atoms with Crippen molar-refractivity contribution in [2.75, 3.05) is 13.1 Å². The van der Waals surface area contributed by atoms with Gasteiger partial charge in [-0.05, 0) is 36.8 Å². The summed E-state index contributed by atoms with van der Waals surface area (Å²) in [6.45, 7) is 1.09. The Hall–Kier alpha value is -1.20. The molecule has 1 aliphatic heterocycles. The molecule has 1 aromatic rings. The largest absolute Gasteiger partial charge is 0.338 e. The normalized spacial score (nSPS) is 28.8. The van der Waals surface area contributed by atoms with Crippen molar-refractivity contribution in [3.05, 3.63) is 34.4 Å². The third-order valence-electron chi connectivity index (χ3n) is 4.44. The van der Waals surface area contributed by atoms with Gasteiger partial charge in [-0.1, -0.05) is 11.6 Å². The number of nitrogens with zero attached hydrogens (tertiary/aromatic N) is 1. The van der Waals surface area contributed by atoms with Gasteiger partial charge in [-0.2, -0.15) is 0 Å². The third-order valence-corrected chi connectivity index (χ3v) is 4.73. The fourth-order valence-electron chi connectivity index (χ4n) is 3.33. The van der Waals surface area contributed by atoms with E-state index in [0.29, 0.717) is 19.0 Å². The van der Waals surface area contributed by atoms with Crippen molar-refractivity contribution < 1.29 is 13.6 Å². The molecule has 3 nitrogen and oxygen atoms in total. The van der Waals surface area contributed by atoms with Crippen molar-refractivity contribution in [3.8, 4) is 0 Å². The van der Waals surface area contributed by atoms with Crippen LogP contribution in [-0.2, 0) is 0 Å². The minimum absolute atomic E-state index is 0.101. The number of fused-ring (bicyclic) bond motifs is 1. The molecule has 2 aliphatic rings. The molecule has 0 aromatic heterocycles. The van der Waals surface area contributed by atoms with Crippen molar-refractivity contribution >= 4 is 17.5 Å². The average molecular weight is 301 g/mol. The quantitative estimate of drug-likeness (QED) is 0.810. The van der Waals surface area contributed by atoms with E-state index in [0.717, 1.165) is 25.0 Å². The molecular weight excluding hydrogens is 286 g/mol. The van der Waals surface area contributed by atoms with Gasteiger partial charge >= 0.3 is 0 Å². The van der Waals surface area contributed by atoms with Crippen LogP contribution in [0.15, 0.2) is 12.1 Å². The lowest BCUT2D eigenvalue weighted by Crippen LogP contribution is -2.34. The van der Waals surface area contributed by atoms with Crippen LogP contribution in [0.1, 0.15) is 23.2 Å². The number of amides is 1. The summed E-state index contributed by atoms with van der Waals surface area (Å²) in [5, 5.41) is -0.320. The van der Waals surface area contributed by atoms with Crippen molar-refractivity contribution in [2.45, 2.75) is 18.9 Å². The molecule has 0 bridgehead atoms. The van der Waals surface area contributed by atoms with Crippen LogP contribution in [0.4, 0.5) is 8.78 Å². The lowest BCUT2D eigenvalue weighted by atomic mass is 9.98. The molecule has 1 heterocycles. The Morgan fingerprint density at radius 3 is 2.70 bits per heavy atom. The summed E-state index contributed by atoms with van der Waals surface area (Å²) in [4.78, 5) is 13.9. The second-order valence-electron chi connectivity index (χ2n) is 5.62. The molecule has 3 rings (SSSR count). The Balaban J connectivity index is 1.82. The molecule has 3 atom stereocenters. The number of hydrogen-bond donors (Lipinski definition) is 1. The molecule has 20 heavy (non-hydrogen) atoms. The van der Waals surface area contributed by atoms with E-state index in [2.05, 4.69) is 0 Å². The van der Waals surface area contributed by atoms with E-state index >= 15 is 0 Å². The fraction of sp³-hybridized carbons (Fsp3) is 0.500. The first-order valence-electron chi connectivity index (χ1n) is 6.66. The summed E-state index contributed by atoms with van der Waals surface area (Å²) < 4.78 is 27.2. The first-order valence-corrected chi connectivity index (χ1v) is 7.04. The molecule has 1 amide bonds. The SMILES string of the molecule is NC1CCC2CN(C(=O)c3cc(F)c(Cl)cc3F)CC12. The fourth-order valence-corrected chi connectivity index (χ4v) is 3.48. The second-order valence-corrected chi connectivity index (χ2v) is 6.03. The lowest BCUT2D eigenvalue weighted by Gasteiger charge is -2.19. The Morgan fingerprint density at radius 1 is 1.25 bits per heavy atom. The zero-order valence-corrected chi connectivity index (χ0v) is 11.5.